The van der Waals surface area contributed by atoms with E-state index in [-0.39, 0.29) is 30.3 Å². The summed E-state index contributed by atoms with van der Waals surface area (Å²) in [5, 5.41) is 25.6. The van der Waals surface area contributed by atoms with E-state index in [1.165, 1.54) is 22.4 Å². The van der Waals surface area contributed by atoms with Crippen LogP contribution in [0, 0.1) is 18.3 Å². The summed E-state index contributed by atoms with van der Waals surface area (Å²) < 4.78 is 0. The molecule has 2 amide bonds. The van der Waals surface area contributed by atoms with Crippen molar-refractivity contribution in [1.82, 2.24) is 20.1 Å². The summed E-state index contributed by atoms with van der Waals surface area (Å²) in [6.45, 7) is 14.5. The van der Waals surface area contributed by atoms with E-state index >= 15 is 0 Å². The Morgan fingerprint density at radius 2 is 1.96 bits per heavy atom. The molecule has 246 valence electrons. The summed E-state index contributed by atoms with van der Waals surface area (Å²) in [5.74, 6) is -0.407. The number of aliphatic hydroxyl groups is 1. The molecule has 3 aliphatic rings. The van der Waals surface area contributed by atoms with Gasteiger partial charge in [0.15, 0.2) is 0 Å². The van der Waals surface area contributed by atoms with Crippen LogP contribution in [-0.4, -0.2) is 95.2 Å². The fourth-order valence-corrected chi connectivity index (χ4v) is 7.58. The predicted molar refractivity (Wildman–Crippen MR) is 184 cm³/mol. The van der Waals surface area contributed by atoms with Crippen LogP contribution in [0.2, 0.25) is 0 Å². The highest BCUT2D eigenvalue weighted by Gasteiger charge is 2.34. The zero-order valence-electron chi connectivity index (χ0n) is 27.7. The van der Waals surface area contributed by atoms with Crippen LogP contribution in [-0.2, 0) is 17.8 Å². The number of benzene rings is 2. The number of pyridine rings is 1. The van der Waals surface area contributed by atoms with Gasteiger partial charge in [-0.25, -0.2) is 4.98 Å². The number of likely N-dealkylation sites (tertiary alicyclic amines) is 1. The Labute approximate surface area is 277 Å². The Kier molecular flexibility index (Phi) is 9.22. The molecule has 0 unspecified atom stereocenters. The number of carbonyl (C=O) groups excluding carboxylic acids is 2. The van der Waals surface area contributed by atoms with E-state index in [1.54, 1.807) is 4.90 Å². The van der Waals surface area contributed by atoms with Crippen molar-refractivity contribution in [3.63, 3.8) is 0 Å². The minimum absolute atomic E-state index is 0.138. The molecule has 2 saturated heterocycles. The van der Waals surface area contributed by atoms with Crippen molar-refractivity contribution in [2.45, 2.75) is 64.3 Å². The predicted octanol–water partition coefficient (Wildman–Crippen LogP) is 3.80. The van der Waals surface area contributed by atoms with Gasteiger partial charge in [0, 0.05) is 74.2 Å². The molecule has 3 aliphatic heterocycles. The van der Waals surface area contributed by atoms with Crippen molar-refractivity contribution < 1.29 is 14.7 Å². The quantitative estimate of drug-likeness (QED) is 0.360. The maximum Gasteiger partial charge on any atom is 0.270 e. The zero-order valence-corrected chi connectivity index (χ0v) is 27.7. The van der Waals surface area contributed by atoms with E-state index in [0.29, 0.717) is 51.4 Å². The SMILES string of the molecule is C=CC(=O)N1CCN(c2cc(C(=O)N[C@H](C)CN3CC[C@](C)(O)C3)nc3c2CCN(c2cccc4cccc(C)c24)C3)C[C@@H]1CC#N. The Morgan fingerprint density at radius 3 is 2.68 bits per heavy atom. The molecule has 6 rings (SSSR count). The molecule has 0 aliphatic carbocycles. The third-order valence-electron chi connectivity index (χ3n) is 9.87. The van der Waals surface area contributed by atoms with Gasteiger partial charge in [0.1, 0.15) is 5.69 Å². The minimum atomic E-state index is -0.698. The van der Waals surface area contributed by atoms with Crippen molar-refractivity contribution in [2.24, 2.45) is 0 Å². The number of nitrogens with zero attached hydrogens (tertiary/aromatic N) is 6. The maximum absolute atomic E-state index is 13.8. The lowest BCUT2D eigenvalue weighted by molar-refractivity contribution is -0.128. The summed E-state index contributed by atoms with van der Waals surface area (Å²) in [6.07, 6.45) is 2.99. The van der Waals surface area contributed by atoms with Crippen LogP contribution in [0.5, 0.6) is 0 Å². The van der Waals surface area contributed by atoms with Gasteiger partial charge in [-0.3, -0.25) is 14.5 Å². The largest absolute Gasteiger partial charge is 0.389 e. The highest BCUT2D eigenvalue weighted by molar-refractivity contribution is 5.97. The third kappa shape index (κ3) is 6.83. The molecule has 10 nitrogen and oxygen atoms in total. The van der Waals surface area contributed by atoms with Crippen LogP contribution < -0.4 is 15.1 Å². The monoisotopic (exact) mass is 635 g/mol. The number of hydrogen-bond acceptors (Lipinski definition) is 8. The fourth-order valence-electron chi connectivity index (χ4n) is 7.58. The van der Waals surface area contributed by atoms with Gasteiger partial charge in [-0.1, -0.05) is 36.9 Å². The molecule has 3 aromatic rings. The second-order valence-corrected chi connectivity index (χ2v) is 13.6. The van der Waals surface area contributed by atoms with Crippen LogP contribution in [0.4, 0.5) is 11.4 Å². The minimum Gasteiger partial charge on any atom is -0.389 e. The van der Waals surface area contributed by atoms with E-state index in [2.05, 4.69) is 76.0 Å². The fraction of sp³-hybridized carbons (Fsp3) is 0.459. The number of nitriles is 1. The molecule has 1 aromatic heterocycles. The summed E-state index contributed by atoms with van der Waals surface area (Å²) in [7, 11) is 0. The number of hydrogen-bond donors (Lipinski definition) is 2. The highest BCUT2D eigenvalue weighted by atomic mass is 16.3. The lowest BCUT2D eigenvalue weighted by Gasteiger charge is -2.43. The molecular weight excluding hydrogens is 590 g/mol. The first-order valence-electron chi connectivity index (χ1n) is 16.6. The summed E-state index contributed by atoms with van der Waals surface area (Å²) >= 11 is 0. The average Bonchev–Trinajstić information content (AvgIpc) is 3.40. The second kappa shape index (κ2) is 13.3. The summed E-state index contributed by atoms with van der Waals surface area (Å²) in [4.78, 5) is 39.9. The lowest BCUT2D eigenvalue weighted by atomic mass is 9.97. The van der Waals surface area contributed by atoms with Crippen molar-refractivity contribution in [2.75, 3.05) is 55.6 Å². The standard InChI is InChI=1S/C37H45N7O3/c1-5-34(45)44-19-18-43(22-28(44)12-15-38)33-20-30(36(46)39-26(3)21-41-17-14-37(4,47)24-41)40-31-23-42(16-13-29(31)33)32-11-7-10-27-9-6-8-25(2)35(27)32/h5-11,20,26,28,47H,1,12-14,16-19,21-24H2,2-4H3,(H,39,46)/t26-,28+,37+/m1/s1. The zero-order chi connectivity index (χ0) is 33.3. The molecule has 4 heterocycles. The Morgan fingerprint density at radius 1 is 1.17 bits per heavy atom. The van der Waals surface area contributed by atoms with Crippen molar-refractivity contribution >= 4 is 34.0 Å². The Bertz CT molecular complexity index is 1730. The van der Waals surface area contributed by atoms with Crippen LogP contribution >= 0.6 is 0 Å². The average molecular weight is 636 g/mol. The number of carbonyl (C=O) groups is 2. The molecule has 0 spiro atoms. The molecule has 0 saturated carbocycles. The molecular formula is C37H45N7O3. The van der Waals surface area contributed by atoms with Gasteiger partial charge in [0.2, 0.25) is 5.91 Å². The molecule has 2 N–H and O–H groups in total. The number of fused-ring (bicyclic) bond motifs is 2. The number of β-amino-alcohol motifs (C(OH)–C–C–N with tert-alkyl or cyclic N) is 1. The topological polar surface area (TPSA) is 116 Å². The van der Waals surface area contributed by atoms with Gasteiger partial charge in [-0.2, -0.15) is 5.26 Å². The molecule has 2 fully saturated rings. The van der Waals surface area contributed by atoms with Crippen molar-refractivity contribution in [3.8, 4) is 6.07 Å². The van der Waals surface area contributed by atoms with Gasteiger partial charge in [-0.15, -0.1) is 0 Å². The van der Waals surface area contributed by atoms with Crippen molar-refractivity contribution in [1.29, 1.82) is 5.26 Å². The van der Waals surface area contributed by atoms with Crippen LogP contribution in [0.1, 0.15) is 54.0 Å². The first-order valence-corrected chi connectivity index (χ1v) is 16.6. The summed E-state index contributed by atoms with van der Waals surface area (Å²) in [6, 6.07) is 16.5. The van der Waals surface area contributed by atoms with E-state index in [1.807, 2.05) is 19.9 Å². The number of amides is 2. The number of piperazine rings is 1. The number of aryl methyl sites for hydroxylation is 1. The Hall–Kier alpha value is -4.46. The first-order chi connectivity index (χ1) is 22.6. The smallest absolute Gasteiger partial charge is 0.270 e. The second-order valence-electron chi connectivity index (χ2n) is 13.6. The van der Waals surface area contributed by atoms with Crippen LogP contribution in [0.3, 0.4) is 0 Å². The Balaban J connectivity index is 1.32. The maximum atomic E-state index is 13.8. The van der Waals surface area contributed by atoms with Gasteiger partial charge >= 0.3 is 0 Å². The van der Waals surface area contributed by atoms with Gasteiger partial charge in [-0.05, 0) is 62.8 Å². The van der Waals surface area contributed by atoms with E-state index in [4.69, 9.17) is 4.98 Å². The van der Waals surface area contributed by atoms with Crippen molar-refractivity contribution in [3.05, 3.63) is 77.6 Å². The number of aromatic nitrogens is 1. The van der Waals surface area contributed by atoms with Gasteiger partial charge < -0.3 is 25.1 Å². The number of nitrogens with one attached hydrogen (secondary N) is 1. The van der Waals surface area contributed by atoms with Gasteiger partial charge in [0.25, 0.3) is 5.91 Å². The van der Waals surface area contributed by atoms with E-state index in [0.717, 1.165) is 42.1 Å². The molecule has 3 atom stereocenters. The van der Waals surface area contributed by atoms with Crippen LogP contribution in [0.25, 0.3) is 10.8 Å². The third-order valence-corrected chi connectivity index (χ3v) is 9.87. The lowest BCUT2D eigenvalue weighted by Crippen LogP contribution is -2.55. The number of anilines is 2. The highest BCUT2D eigenvalue weighted by Crippen LogP contribution is 2.36. The molecule has 0 bridgehead atoms. The molecule has 0 radical (unpaired) electrons. The van der Waals surface area contributed by atoms with E-state index in [9.17, 15) is 20.0 Å². The summed E-state index contributed by atoms with van der Waals surface area (Å²) in [5.41, 5.74) is 4.97. The van der Waals surface area contributed by atoms with E-state index < -0.39 is 5.60 Å². The first kappa shape index (κ1) is 32.5. The van der Waals surface area contributed by atoms with Crippen LogP contribution in [0.15, 0.2) is 55.1 Å². The normalized spacial score (nSPS) is 22.1. The van der Waals surface area contributed by atoms with Gasteiger partial charge in [0.05, 0.1) is 36.4 Å². The molecule has 10 heteroatoms. The molecule has 2 aromatic carbocycles. The molecule has 47 heavy (non-hydrogen) atoms. The number of rotatable bonds is 8.